The summed E-state index contributed by atoms with van der Waals surface area (Å²) >= 11 is 0. The van der Waals surface area contributed by atoms with Crippen molar-refractivity contribution >= 4 is 0 Å². The van der Waals surface area contributed by atoms with Gasteiger partial charge in [-0.2, -0.15) is 0 Å². The zero-order valence-corrected chi connectivity index (χ0v) is 17.5. The van der Waals surface area contributed by atoms with E-state index in [2.05, 4.69) is 52.0 Å². The molecule has 0 bridgehead atoms. The lowest BCUT2D eigenvalue weighted by atomic mass is 9.87. The third-order valence-corrected chi connectivity index (χ3v) is 5.76. The zero-order chi connectivity index (χ0) is 18.8. The van der Waals surface area contributed by atoms with Crippen LogP contribution in [-0.4, -0.2) is 12.9 Å². The zero-order valence-electron chi connectivity index (χ0n) is 17.5. The molecule has 0 heterocycles. The molecule has 1 aliphatic carbocycles. The van der Waals surface area contributed by atoms with Crippen molar-refractivity contribution in [2.75, 3.05) is 6.61 Å². The average Bonchev–Trinajstić information content (AvgIpc) is 2.66. The van der Waals surface area contributed by atoms with E-state index >= 15 is 0 Å². The van der Waals surface area contributed by atoms with Crippen LogP contribution in [0.15, 0.2) is 24.3 Å². The van der Waals surface area contributed by atoms with E-state index in [1.807, 2.05) is 0 Å². The molecular weight excluding hydrogens is 320 g/mol. The van der Waals surface area contributed by atoms with E-state index in [4.69, 9.17) is 9.47 Å². The van der Waals surface area contributed by atoms with Gasteiger partial charge in [0, 0.05) is 6.42 Å². The molecule has 1 fully saturated rings. The summed E-state index contributed by atoms with van der Waals surface area (Å²) in [5, 5.41) is 0. The van der Waals surface area contributed by atoms with E-state index in [0.717, 1.165) is 30.6 Å². The first-order valence-corrected chi connectivity index (χ1v) is 11.0. The molecule has 0 N–H and O–H groups in total. The van der Waals surface area contributed by atoms with Crippen molar-refractivity contribution in [3.05, 3.63) is 29.8 Å². The second-order valence-corrected chi connectivity index (χ2v) is 8.42. The third kappa shape index (κ3) is 7.31. The molecule has 2 nitrogen and oxygen atoms in total. The van der Waals surface area contributed by atoms with Crippen LogP contribution in [0.25, 0.3) is 0 Å². The Morgan fingerprint density at radius 1 is 0.962 bits per heavy atom. The first-order chi connectivity index (χ1) is 12.6. The molecule has 2 rings (SSSR count). The molecule has 2 unspecified atom stereocenters. The highest BCUT2D eigenvalue weighted by molar-refractivity contribution is 5.29. The summed E-state index contributed by atoms with van der Waals surface area (Å²) in [7, 11) is 0. The maximum Gasteiger partial charge on any atom is 0.199 e. The molecule has 0 aliphatic heterocycles. The SMILES string of the molecule is CCC(OCCC1CCCCC1)Oc1ccc(C(CC)CC(C)C)cc1. The Labute approximate surface area is 161 Å². The van der Waals surface area contributed by atoms with Crippen LogP contribution in [0, 0.1) is 11.8 Å². The van der Waals surface area contributed by atoms with Gasteiger partial charge in [0.2, 0.25) is 0 Å². The van der Waals surface area contributed by atoms with Crippen LogP contribution >= 0.6 is 0 Å². The molecule has 0 aromatic heterocycles. The molecule has 0 radical (unpaired) electrons. The minimum absolute atomic E-state index is 0.123. The van der Waals surface area contributed by atoms with Gasteiger partial charge in [0.05, 0.1) is 6.61 Å². The Bertz CT molecular complexity index is 473. The molecule has 2 heteroatoms. The Hall–Kier alpha value is -1.02. The van der Waals surface area contributed by atoms with Crippen molar-refractivity contribution in [2.24, 2.45) is 11.8 Å². The monoisotopic (exact) mass is 360 g/mol. The van der Waals surface area contributed by atoms with Crippen molar-refractivity contribution < 1.29 is 9.47 Å². The predicted molar refractivity (Wildman–Crippen MR) is 111 cm³/mol. The minimum Gasteiger partial charge on any atom is -0.465 e. The fraction of sp³-hybridized carbons (Fsp3) is 0.750. The van der Waals surface area contributed by atoms with Gasteiger partial charge in [-0.1, -0.05) is 71.9 Å². The van der Waals surface area contributed by atoms with Crippen LogP contribution in [0.4, 0.5) is 0 Å². The van der Waals surface area contributed by atoms with Gasteiger partial charge in [-0.05, 0) is 54.7 Å². The highest BCUT2D eigenvalue weighted by Crippen LogP contribution is 2.29. The van der Waals surface area contributed by atoms with Gasteiger partial charge in [0.15, 0.2) is 6.29 Å². The second kappa shape index (κ2) is 11.6. The topological polar surface area (TPSA) is 18.5 Å². The fourth-order valence-corrected chi connectivity index (χ4v) is 4.16. The first kappa shape index (κ1) is 21.3. The molecule has 0 spiro atoms. The van der Waals surface area contributed by atoms with Crippen LogP contribution in [0.1, 0.15) is 97.0 Å². The van der Waals surface area contributed by atoms with Gasteiger partial charge in [-0.3, -0.25) is 0 Å². The fourth-order valence-electron chi connectivity index (χ4n) is 4.16. The van der Waals surface area contributed by atoms with Crippen molar-refractivity contribution in [3.8, 4) is 5.75 Å². The minimum atomic E-state index is -0.123. The summed E-state index contributed by atoms with van der Waals surface area (Å²) in [4.78, 5) is 0. The molecule has 1 aromatic carbocycles. The van der Waals surface area contributed by atoms with E-state index in [0.29, 0.717) is 5.92 Å². The lowest BCUT2D eigenvalue weighted by molar-refractivity contribution is -0.0856. The summed E-state index contributed by atoms with van der Waals surface area (Å²) < 4.78 is 12.1. The Morgan fingerprint density at radius 3 is 2.23 bits per heavy atom. The maximum atomic E-state index is 6.08. The molecule has 0 amide bonds. The van der Waals surface area contributed by atoms with Crippen molar-refractivity contribution in [3.63, 3.8) is 0 Å². The van der Waals surface area contributed by atoms with Crippen molar-refractivity contribution in [1.82, 2.24) is 0 Å². The van der Waals surface area contributed by atoms with Gasteiger partial charge < -0.3 is 9.47 Å². The average molecular weight is 361 g/mol. The van der Waals surface area contributed by atoms with E-state index < -0.39 is 0 Å². The lowest BCUT2D eigenvalue weighted by Gasteiger charge is -2.23. The standard InChI is InChI=1S/C24H40O2/c1-5-21(18-19(3)4)22-12-14-23(15-13-22)26-24(6-2)25-17-16-20-10-8-7-9-11-20/h12-15,19-21,24H,5-11,16-18H2,1-4H3. The van der Waals surface area contributed by atoms with Crippen LogP contribution in [0.3, 0.4) is 0 Å². The molecule has 1 aliphatic rings. The largest absolute Gasteiger partial charge is 0.465 e. The van der Waals surface area contributed by atoms with Crippen molar-refractivity contribution in [1.29, 1.82) is 0 Å². The summed E-state index contributed by atoms with van der Waals surface area (Å²) in [5.41, 5.74) is 1.43. The van der Waals surface area contributed by atoms with E-state index in [-0.39, 0.29) is 6.29 Å². The number of hydrogen-bond acceptors (Lipinski definition) is 2. The molecular formula is C24H40O2. The Morgan fingerprint density at radius 2 is 1.65 bits per heavy atom. The summed E-state index contributed by atoms with van der Waals surface area (Å²) in [6.45, 7) is 9.85. The molecule has 0 saturated heterocycles. The Balaban J connectivity index is 1.79. The third-order valence-electron chi connectivity index (χ3n) is 5.76. The van der Waals surface area contributed by atoms with E-state index in [9.17, 15) is 0 Å². The van der Waals surface area contributed by atoms with Crippen molar-refractivity contribution in [2.45, 2.75) is 97.7 Å². The second-order valence-electron chi connectivity index (χ2n) is 8.42. The number of benzene rings is 1. The van der Waals surface area contributed by atoms with Gasteiger partial charge in [-0.25, -0.2) is 0 Å². The summed E-state index contributed by atoms with van der Waals surface area (Å²) in [5.74, 6) is 3.18. The first-order valence-electron chi connectivity index (χ1n) is 11.0. The quantitative estimate of drug-likeness (QED) is 0.385. The van der Waals surface area contributed by atoms with Gasteiger partial charge in [0.25, 0.3) is 0 Å². The normalized spacial score (nSPS) is 18.0. The van der Waals surface area contributed by atoms with Gasteiger partial charge >= 0.3 is 0 Å². The van der Waals surface area contributed by atoms with Gasteiger partial charge in [-0.15, -0.1) is 0 Å². The molecule has 148 valence electrons. The summed E-state index contributed by atoms with van der Waals surface area (Å²) in [6.07, 6.45) is 11.4. The predicted octanol–water partition coefficient (Wildman–Crippen LogP) is 7.33. The van der Waals surface area contributed by atoms with E-state index in [1.165, 1.54) is 56.9 Å². The maximum absolute atomic E-state index is 6.08. The number of rotatable bonds is 11. The molecule has 1 saturated carbocycles. The highest BCUT2D eigenvalue weighted by Gasteiger charge is 2.16. The molecule has 1 aromatic rings. The van der Waals surface area contributed by atoms with Crippen LogP contribution in [0.2, 0.25) is 0 Å². The lowest BCUT2D eigenvalue weighted by Crippen LogP contribution is -2.21. The number of ether oxygens (including phenoxy) is 2. The highest BCUT2D eigenvalue weighted by atomic mass is 16.7. The van der Waals surface area contributed by atoms with Gasteiger partial charge in [0.1, 0.15) is 5.75 Å². The van der Waals surface area contributed by atoms with Crippen LogP contribution in [-0.2, 0) is 4.74 Å². The molecule has 26 heavy (non-hydrogen) atoms. The summed E-state index contributed by atoms with van der Waals surface area (Å²) in [6, 6.07) is 8.71. The van der Waals surface area contributed by atoms with Crippen LogP contribution in [0.5, 0.6) is 5.75 Å². The van der Waals surface area contributed by atoms with E-state index in [1.54, 1.807) is 0 Å². The Kier molecular flexibility index (Phi) is 9.53. The van der Waals surface area contributed by atoms with Crippen LogP contribution < -0.4 is 4.74 Å². The number of hydrogen-bond donors (Lipinski definition) is 0. The molecule has 2 atom stereocenters. The smallest absolute Gasteiger partial charge is 0.199 e.